The van der Waals surface area contributed by atoms with E-state index in [0.717, 1.165) is 15.2 Å². The molecule has 1 heterocycles. The molecule has 3 rings (SSSR count). The number of rotatable bonds is 7. The number of benzene rings is 2. The molecule has 0 bridgehead atoms. The zero-order valence-corrected chi connectivity index (χ0v) is 17.6. The minimum absolute atomic E-state index is 0.112. The molecule has 1 aromatic heterocycles. The van der Waals surface area contributed by atoms with Crippen LogP contribution in [0.25, 0.3) is 10.2 Å². The molecule has 152 valence electrons. The van der Waals surface area contributed by atoms with Crippen molar-refractivity contribution >= 4 is 33.4 Å². The summed E-state index contributed by atoms with van der Waals surface area (Å²) >= 11 is 1.56. The van der Waals surface area contributed by atoms with Crippen LogP contribution < -0.4 is 14.8 Å². The summed E-state index contributed by atoms with van der Waals surface area (Å²) in [6, 6.07) is 12.5. The van der Waals surface area contributed by atoms with Crippen LogP contribution in [0.1, 0.15) is 28.3 Å². The molecular weight excluding hydrogens is 390 g/mol. The van der Waals surface area contributed by atoms with Crippen LogP contribution in [0.2, 0.25) is 0 Å². The van der Waals surface area contributed by atoms with Gasteiger partial charge >= 0.3 is 0 Å². The van der Waals surface area contributed by atoms with Gasteiger partial charge in [-0.2, -0.15) is 0 Å². The van der Waals surface area contributed by atoms with Gasteiger partial charge in [0.15, 0.2) is 11.5 Å². The number of hydrogen-bond donors (Lipinski definition) is 1. The van der Waals surface area contributed by atoms with Crippen LogP contribution in [0.3, 0.4) is 0 Å². The maximum atomic E-state index is 12.6. The van der Waals surface area contributed by atoms with Gasteiger partial charge in [0, 0.05) is 12.6 Å². The van der Waals surface area contributed by atoms with Crippen LogP contribution in [0.4, 0.5) is 0 Å². The number of fused-ring (bicyclic) bond motifs is 1. The predicted octanol–water partition coefficient (Wildman–Crippen LogP) is 3.26. The van der Waals surface area contributed by atoms with E-state index < -0.39 is 0 Å². The molecule has 1 N–H and O–H groups in total. The quantitative estimate of drug-likeness (QED) is 0.643. The third-order valence-corrected chi connectivity index (χ3v) is 5.89. The van der Waals surface area contributed by atoms with Crippen LogP contribution in [-0.4, -0.2) is 49.5 Å². The largest absolute Gasteiger partial charge is 0.493 e. The number of amides is 2. The molecule has 7 nitrogen and oxygen atoms in total. The van der Waals surface area contributed by atoms with E-state index in [4.69, 9.17) is 9.47 Å². The van der Waals surface area contributed by atoms with Gasteiger partial charge in [-0.1, -0.05) is 12.1 Å². The van der Waals surface area contributed by atoms with Gasteiger partial charge in [-0.15, -0.1) is 11.3 Å². The van der Waals surface area contributed by atoms with Gasteiger partial charge in [0.2, 0.25) is 5.91 Å². The number of nitrogens with one attached hydrogen (secondary N) is 1. The summed E-state index contributed by atoms with van der Waals surface area (Å²) in [5.41, 5.74) is 1.30. The second-order valence-electron chi connectivity index (χ2n) is 6.45. The summed E-state index contributed by atoms with van der Waals surface area (Å²) in [5, 5.41) is 3.51. The zero-order valence-electron chi connectivity index (χ0n) is 16.8. The summed E-state index contributed by atoms with van der Waals surface area (Å²) in [6.45, 7) is 1.81. The highest BCUT2D eigenvalue weighted by molar-refractivity contribution is 7.18. The van der Waals surface area contributed by atoms with Crippen molar-refractivity contribution in [1.82, 2.24) is 15.2 Å². The number of carbonyl (C=O) groups is 2. The number of nitrogens with zero attached hydrogens (tertiary/aromatic N) is 2. The minimum Gasteiger partial charge on any atom is -0.493 e. The number of likely N-dealkylation sites (N-methyl/N-ethyl adjacent to an activating group) is 1. The zero-order chi connectivity index (χ0) is 21.0. The Balaban J connectivity index is 1.62. The Labute approximate surface area is 173 Å². The molecule has 29 heavy (non-hydrogen) atoms. The minimum atomic E-state index is -0.361. The van der Waals surface area contributed by atoms with Crippen LogP contribution in [0, 0.1) is 0 Å². The number of thiazole rings is 1. The van der Waals surface area contributed by atoms with E-state index in [-0.39, 0.29) is 24.4 Å². The molecule has 0 radical (unpaired) electrons. The molecule has 2 aromatic carbocycles. The molecule has 0 saturated heterocycles. The SMILES string of the molecule is COc1ccc(C(=O)NCC(=O)N(C)C(C)c2nc3ccccc3s2)cc1OC. The van der Waals surface area contributed by atoms with E-state index >= 15 is 0 Å². The number of carbonyl (C=O) groups excluding carboxylic acids is 2. The van der Waals surface area contributed by atoms with Crippen molar-refractivity contribution in [3.8, 4) is 11.5 Å². The van der Waals surface area contributed by atoms with Gasteiger partial charge in [0.1, 0.15) is 5.01 Å². The molecule has 8 heteroatoms. The fourth-order valence-corrected chi connectivity index (χ4v) is 3.87. The van der Waals surface area contributed by atoms with Crippen LogP contribution in [-0.2, 0) is 4.79 Å². The fraction of sp³-hybridized carbons (Fsp3) is 0.286. The predicted molar refractivity (Wildman–Crippen MR) is 113 cm³/mol. The van der Waals surface area contributed by atoms with Crippen molar-refractivity contribution in [3.05, 3.63) is 53.0 Å². The van der Waals surface area contributed by atoms with Gasteiger partial charge in [-0.25, -0.2) is 4.98 Å². The first-order chi connectivity index (χ1) is 13.9. The molecule has 0 aliphatic carbocycles. The molecule has 0 aliphatic rings. The average molecular weight is 413 g/mol. The van der Waals surface area contributed by atoms with Gasteiger partial charge in [0.25, 0.3) is 5.91 Å². The van der Waals surface area contributed by atoms with Gasteiger partial charge in [0.05, 0.1) is 37.0 Å². The van der Waals surface area contributed by atoms with E-state index in [0.29, 0.717) is 17.1 Å². The normalized spacial score (nSPS) is 11.7. The highest BCUT2D eigenvalue weighted by Crippen LogP contribution is 2.29. The molecule has 2 amide bonds. The topological polar surface area (TPSA) is 80.8 Å². The van der Waals surface area contributed by atoms with E-state index in [2.05, 4.69) is 10.3 Å². The second kappa shape index (κ2) is 8.91. The smallest absolute Gasteiger partial charge is 0.251 e. The first-order valence-electron chi connectivity index (χ1n) is 9.06. The number of methoxy groups -OCH3 is 2. The second-order valence-corrected chi connectivity index (χ2v) is 7.52. The summed E-state index contributed by atoms with van der Waals surface area (Å²) in [7, 11) is 4.74. The maximum absolute atomic E-state index is 12.6. The Kier molecular flexibility index (Phi) is 6.33. The number of aromatic nitrogens is 1. The molecule has 1 atom stereocenters. The lowest BCUT2D eigenvalue weighted by atomic mass is 10.2. The lowest BCUT2D eigenvalue weighted by Crippen LogP contribution is -2.39. The molecule has 0 aliphatic heterocycles. The molecule has 0 spiro atoms. The van der Waals surface area contributed by atoms with E-state index in [9.17, 15) is 9.59 Å². The van der Waals surface area contributed by atoms with E-state index in [1.807, 2.05) is 31.2 Å². The highest BCUT2D eigenvalue weighted by Gasteiger charge is 2.21. The molecule has 0 fully saturated rings. The first-order valence-corrected chi connectivity index (χ1v) is 9.87. The summed E-state index contributed by atoms with van der Waals surface area (Å²) in [5.74, 6) is 0.420. The van der Waals surface area contributed by atoms with Crippen LogP contribution >= 0.6 is 11.3 Å². The van der Waals surface area contributed by atoms with Crippen LogP contribution in [0.15, 0.2) is 42.5 Å². The van der Waals surface area contributed by atoms with Gasteiger partial charge in [-0.3, -0.25) is 9.59 Å². The third kappa shape index (κ3) is 4.48. The van der Waals surface area contributed by atoms with Crippen molar-refractivity contribution in [2.75, 3.05) is 27.8 Å². The molecular formula is C21H23N3O4S. The van der Waals surface area contributed by atoms with Crippen molar-refractivity contribution in [1.29, 1.82) is 0 Å². The highest BCUT2D eigenvalue weighted by atomic mass is 32.1. The maximum Gasteiger partial charge on any atom is 0.251 e. The number of para-hydroxylation sites is 1. The van der Waals surface area contributed by atoms with Gasteiger partial charge in [-0.05, 0) is 37.3 Å². The monoisotopic (exact) mass is 413 g/mol. The Morgan fingerprint density at radius 1 is 1.14 bits per heavy atom. The van der Waals surface area contributed by atoms with E-state index in [1.54, 1.807) is 41.5 Å². The van der Waals surface area contributed by atoms with Crippen molar-refractivity contribution in [2.45, 2.75) is 13.0 Å². The third-order valence-electron chi connectivity index (χ3n) is 4.69. The summed E-state index contributed by atoms with van der Waals surface area (Å²) in [4.78, 5) is 31.2. The van der Waals surface area contributed by atoms with Crippen molar-refractivity contribution in [2.24, 2.45) is 0 Å². The number of ether oxygens (including phenoxy) is 2. The number of hydrogen-bond acceptors (Lipinski definition) is 6. The molecule has 1 unspecified atom stereocenters. The summed E-state index contributed by atoms with van der Waals surface area (Å²) < 4.78 is 11.5. The van der Waals surface area contributed by atoms with Crippen molar-refractivity contribution in [3.63, 3.8) is 0 Å². The van der Waals surface area contributed by atoms with Crippen molar-refractivity contribution < 1.29 is 19.1 Å². The Bertz CT molecular complexity index is 1000. The lowest BCUT2D eigenvalue weighted by molar-refractivity contribution is -0.130. The van der Waals surface area contributed by atoms with E-state index in [1.165, 1.54) is 14.2 Å². The fourth-order valence-electron chi connectivity index (χ4n) is 2.81. The van der Waals surface area contributed by atoms with Gasteiger partial charge < -0.3 is 19.7 Å². The Hall–Kier alpha value is -3.13. The summed E-state index contributed by atoms with van der Waals surface area (Å²) in [6.07, 6.45) is 0. The average Bonchev–Trinajstić information content (AvgIpc) is 3.19. The Morgan fingerprint density at radius 3 is 2.55 bits per heavy atom. The first kappa shape index (κ1) is 20.6. The molecule has 3 aromatic rings. The lowest BCUT2D eigenvalue weighted by Gasteiger charge is -2.23. The standard InChI is InChI=1S/C21H23N3O4S/c1-13(21-23-15-7-5-6-8-18(15)29-21)24(2)19(25)12-22-20(26)14-9-10-16(27-3)17(11-14)28-4/h5-11,13H,12H2,1-4H3,(H,22,26). The molecule has 0 saturated carbocycles. The Morgan fingerprint density at radius 2 is 1.86 bits per heavy atom. The van der Waals surface area contributed by atoms with Crippen LogP contribution in [0.5, 0.6) is 11.5 Å².